The lowest BCUT2D eigenvalue weighted by molar-refractivity contribution is -0.789. The molecular formula is C16H15ClN6O+2. The Balaban J connectivity index is 1.76. The Kier molecular flexibility index (Phi) is 3.17. The molecule has 1 spiro atoms. The van der Waals surface area contributed by atoms with Crippen molar-refractivity contribution in [1.29, 1.82) is 0 Å². The van der Waals surface area contributed by atoms with Crippen LogP contribution in [0.5, 0.6) is 0 Å². The highest BCUT2D eigenvalue weighted by atomic mass is 35.5. The fraction of sp³-hybridized carbons (Fsp3) is 0.0625. The lowest BCUT2D eigenvalue weighted by Crippen LogP contribution is -3.14. The number of amides is 1. The summed E-state index contributed by atoms with van der Waals surface area (Å²) in [6.07, 6.45) is 0. The molecule has 2 aliphatic rings. The normalized spacial score (nSPS) is 21.5. The van der Waals surface area contributed by atoms with E-state index in [0.29, 0.717) is 11.0 Å². The minimum absolute atomic E-state index is 0.233. The third-order valence-corrected chi connectivity index (χ3v) is 4.18. The molecule has 2 aromatic rings. The molecule has 0 unspecified atom stereocenters. The van der Waals surface area contributed by atoms with Gasteiger partial charge in [0.25, 0.3) is 0 Å². The van der Waals surface area contributed by atoms with Crippen molar-refractivity contribution in [3.63, 3.8) is 0 Å². The van der Waals surface area contributed by atoms with E-state index in [4.69, 9.17) is 17.3 Å². The highest BCUT2D eigenvalue weighted by molar-refractivity contribution is 6.30. The van der Waals surface area contributed by atoms with Crippen molar-refractivity contribution >= 4 is 40.8 Å². The summed E-state index contributed by atoms with van der Waals surface area (Å²) in [6.45, 7) is 0. The van der Waals surface area contributed by atoms with Crippen LogP contribution in [-0.4, -0.2) is 17.8 Å². The number of fused-ring (bicyclic) bond motifs is 2. The molecular weight excluding hydrogens is 328 g/mol. The van der Waals surface area contributed by atoms with Crippen LogP contribution in [0.15, 0.2) is 48.5 Å². The van der Waals surface area contributed by atoms with Gasteiger partial charge in [0.2, 0.25) is 0 Å². The second-order valence-electron chi connectivity index (χ2n) is 5.55. The van der Waals surface area contributed by atoms with Crippen LogP contribution >= 0.6 is 11.6 Å². The second-order valence-corrected chi connectivity index (χ2v) is 5.98. The maximum atomic E-state index is 12.6. The number of rotatable bonds is 1. The van der Waals surface area contributed by atoms with Crippen molar-refractivity contribution in [1.82, 2.24) is 5.32 Å². The van der Waals surface area contributed by atoms with Crippen LogP contribution in [0.1, 0.15) is 5.56 Å². The van der Waals surface area contributed by atoms with E-state index in [0.717, 1.165) is 16.9 Å². The van der Waals surface area contributed by atoms with Crippen molar-refractivity contribution < 1.29 is 14.8 Å². The second kappa shape index (κ2) is 5.24. The smallest absolute Gasteiger partial charge is 0.319 e. The van der Waals surface area contributed by atoms with Gasteiger partial charge < -0.3 is 5.32 Å². The maximum absolute atomic E-state index is 12.6. The van der Waals surface area contributed by atoms with Gasteiger partial charge in [-0.25, -0.2) is 15.3 Å². The van der Waals surface area contributed by atoms with Crippen LogP contribution in [0.2, 0.25) is 5.02 Å². The van der Waals surface area contributed by atoms with Gasteiger partial charge in [-0.15, -0.1) is 0 Å². The lowest BCUT2D eigenvalue weighted by atomic mass is 10.0. The fourth-order valence-electron chi connectivity index (χ4n) is 2.86. The summed E-state index contributed by atoms with van der Waals surface area (Å²) in [5.74, 6) is 0.515. The van der Waals surface area contributed by atoms with Gasteiger partial charge in [-0.1, -0.05) is 23.7 Å². The molecule has 0 saturated carbocycles. The first-order valence-electron chi connectivity index (χ1n) is 7.33. The van der Waals surface area contributed by atoms with Gasteiger partial charge >= 0.3 is 23.5 Å². The van der Waals surface area contributed by atoms with E-state index in [9.17, 15) is 4.79 Å². The van der Waals surface area contributed by atoms with Crippen molar-refractivity contribution in [3.8, 4) is 0 Å². The molecule has 0 radical (unpaired) electrons. The van der Waals surface area contributed by atoms with Gasteiger partial charge in [-0.2, -0.15) is 5.32 Å². The predicted octanol–water partition coefficient (Wildman–Crippen LogP) is -2.01. The van der Waals surface area contributed by atoms with Gasteiger partial charge in [-0.3, -0.25) is 10.5 Å². The molecule has 0 fully saturated rings. The number of nitrogens with one attached hydrogen (secondary N) is 5. The van der Waals surface area contributed by atoms with E-state index in [1.54, 1.807) is 12.1 Å². The van der Waals surface area contributed by atoms with Crippen LogP contribution < -0.4 is 31.7 Å². The van der Waals surface area contributed by atoms with Gasteiger partial charge in [0.1, 0.15) is 0 Å². The molecule has 7 N–H and O–H groups in total. The van der Waals surface area contributed by atoms with Crippen molar-refractivity contribution in [2.24, 2.45) is 5.73 Å². The van der Waals surface area contributed by atoms with Crippen LogP contribution in [0, 0.1) is 0 Å². The SMILES string of the molecule is NC1=[NH+][C@]2([NH+]=C(Nc3ccc(Cl)cc3)N1)C(=O)Nc1ccccc12. The molecule has 2 aromatic carbocycles. The van der Waals surface area contributed by atoms with Gasteiger partial charge in [0.05, 0.1) is 16.9 Å². The van der Waals surface area contributed by atoms with E-state index in [1.165, 1.54) is 0 Å². The molecule has 120 valence electrons. The quantitative estimate of drug-likeness (QED) is 0.360. The van der Waals surface area contributed by atoms with E-state index in [1.807, 2.05) is 36.4 Å². The monoisotopic (exact) mass is 342 g/mol. The zero-order chi connectivity index (χ0) is 16.7. The number of para-hydroxylation sites is 1. The molecule has 24 heavy (non-hydrogen) atoms. The van der Waals surface area contributed by atoms with Crippen molar-refractivity contribution in [2.45, 2.75) is 5.66 Å². The molecule has 7 nitrogen and oxygen atoms in total. The number of halogens is 1. The first kappa shape index (κ1) is 14.5. The Morgan fingerprint density at radius 1 is 1.04 bits per heavy atom. The summed E-state index contributed by atoms with van der Waals surface area (Å²) in [4.78, 5) is 18.8. The number of hydrogen-bond acceptors (Lipinski definition) is 4. The standard InChI is InChI=1S/C16H13ClN6O/c17-9-5-7-10(8-6-9)19-15-21-14(18)22-16(23-15)11-3-1-2-4-12(11)20-13(16)24/h1-8H,(H,20,24)(H4,18,19,21,22,23)/p+2/t16-/m1/s1. The molecule has 2 aliphatic heterocycles. The summed E-state index contributed by atoms with van der Waals surface area (Å²) in [5, 5.41) is 9.60. The summed E-state index contributed by atoms with van der Waals surface area (Å²) in [7, 11) is 0. The Hall–Kier alpha value is -3.06. The van der Waals surface area contributed by atoms with E-state index < -0.39 is 5.66 Å². The maximum Gasteiger partial charge on any atom is 0.361 e. The first-order valence-corrected chi connectivity index (χ1v) is 7.71. The molecule has 0 bridgehead atoms. The first-order chi connectivity index (χ1) is 11.6. The summed E-state index contributed by atoms with van der Waals surface area (Å²) in [5.41, 5.74) is 7.11. The largest absolute Gasteiger partial charge is 0.361 e. The fourth-order valence-corrected chi connectivity index (χ4v) is 2.99. The van der Waals surface area contributed by atoms with E-state index in [-0.39, 0.29) is 11.9 Å². The third kappa shape index (κ3) is 2.26. The highest BCUT2D eigenvalue weighted by Gasteiger charge is 2.52. The lowest BCUT2D eigenvalue weighted by Gasteiger charge is -2.21. The van der Waals surface area contributed by atoms with Crippen LogP contribution in [0.3, 0.4) is 0 Å². The Bertz CT molecular complexity index is 892. The minimum Gasteiger partial charge on any atom is -0.319 e. The molecule has 0 saturated heterocycles. The number of carbonyl (C=O) groups excluding carboxylic acids is 1. The molecule has 1 amide bonds. The number of carbonyl (C=O) groups is 1. The molecule has 1 atom stereocenters. The number of benzene rings is 2. The van der Waals surface area contributed by atoms with Crippen LogP contribution in [0.4, 0.5) is 11.4 Å². The molecule has 4 rings (SSSR count). The summed E-state index contributed by atoms with van der Waals surface area (Å²) < 4.78 is 0. The topological polar surface area (TPSA) is 107 Å². The van der Waals surface area contributed by atoms with Crippen molar-refractivity contribution in [3.05, 3.63) is 59.1 Å². The number of anilines is 2. The van der Waals surface area contributed by atoms with E-state index >= 15 is 0 Å². The third-order valence-electron chi connectivity index (χ3n) is 3.93. The van der Waals surface area contributed by atoms with Gasteiger partial charge in [-0.05, 0) is 36.4 Å². The number of hydrogen-bond donors (Lipinski definition) is 6. The zero-order valence-electron chi connectivity index (χ0n) is 12.5. The highest BCUT2D eigenvalue weighted by Crippen LogP contribution is 2.28. The molecule has 2 heterocycles. The predicted molar refractivity (Wildman–Crippen MR) is 91.1 cm³/mol. The Morgan fingerprint density at radius 3 is 2.58 bits per heavy atom. The zero-order valence-corrected chi connectivity index (χ0v) is 13.2. The molecule has 0 aliphatic carbocycles. The number of nitrogens with two attached hydrogens (primary N) is 1. The Labute approximate surface area is 142 Å². The van der Waals surface area contributed by atoms with E-state index in [2.05, 4.69) is 25.9 Å². The number of guanidine groups is 2. The van der Waals surface area contributed by atoms with Crippen LogP contribution in [-0.2, 0) is 10.5 Å². The summed E-state index contributed by atoms with van der Waals surface area (Å²) >= 11 is 5.90. The van der Waals surface area contributed by atoms with Crippen LogP contribution in [0.25, 0.3) is 0 Å². The summed E-state index contributed by atoms with van der Waals surface area (Å²) in [6, 6.07) is 14.6. The van der Waals surface area contributed by atoms with Gasteiger partial charge in [0.15, 0.2) is 0 Å². The molecule has 0 aromatic heterocycles. The van der Waals surface area contributed by atoms with Gasteiger partial charge in [0, 0.05) is 5.02 Å². The van der Waals surface area contributed by atoms with Crippen molar-refractivity contribution in [2.75, 3.05) is 10.6 Å². The minimum atomic E-state index is -1.17. The average molecular weight is 343 g/mol. The average Bonchev–Trinajstić information content (AvgIpc) is 2.81. The Morgan fingerprint density at radius 2 is 1.79 bits per heavy atom. The molecule has 8 heteroatoms.